The van der Waals surface area contributed by atoms with E-state index in [1.165, 1.54) is 16.0 Å². The molecule has 1 heterocycles. The molecule has 128 valence electrons. The number of amides is 1. The average molecular weight is 350 g/mol. The molecule has 1 amide bonds. The van der Waals surface area contributed by atoms with E-state index in [1.54, 1.807) is 18.0 Å². The molecule has 1 aliphatic carbocycles. The number of hydrogen-bond donors (Lipinski definition) is 1. The maximum Gasteiger partial charge on any atom is 0.257 e. The SMILES string of the molecule is CSC1=C(c2ccc(C(=O)Nc3ccc(C)c(C)c3)cn2)CCC=C1. The van der Waals surface area contributed by atoms with Crippen molar-refractivity contribution in [1.29, 1.82) is 0 Å². The van der Waals surface area contributed by atoms with Crippen molar-refractivity contribution in [3.63, 3.8) is 0 Å². The Balaban J connectivity index is 1.77. The maximum absolute atomic E-state index is 12.4. The molecule has 1 aliphatic rings. The summed E-state index contributed by atoms with van der Waals surface area (Å²) in [7, 11) is 0. The van der Waals surface area contributed by atoms with E-state index >= 15 is 0 Å². The number of nitrogens with one attached hydrogen (secondary N) is 1. The lowest BCUT2D eigenvalue weighted by atomic mass is 10.0. The van der Waals surface area contributed by atoms with Crippen LogP contribution in [0.1, 0.15) is 40.0 Å². The van der Waals surface area contributed by atoms with Crippen LogP contribution in [0, 0.1) is 13.8 Å². The molecule has 0 spiro atoms. The van der Waals surface area contributed by atoms with Gasteiger partial charge in [0.15, 0.2) is 0 Å². The van der Waals surface area contributed by atoms with Crippen molar-refractivity contribution in [2.75, 3.05) is 11.6 Å². The fourth-order valence-electron chi connectivity index (χ4n) is 2.82. The molecular weight excluding hydrogens is 328 g/mol. The molecule has 0 bridgehead atoms. The first-order valence-corrected chi connectivity index (χ1v) is 9.59. The van der Waals surface area contributed by atoms with Crippen LogP contribution in [0.4, 0.5) is 5.69 Å². The summed E-state index contributed by atoms with van der Waals surface area (Å²) >= 11 is 1.74. The third-order valence-corrected chi connectivity index (χ3v) is 5.27. The molecule has 3 rings (SSSR count). The molecule has 3 nitrogen and oxygen atoms in total. The Morgan fingerprint density at radius 3 is 2.68 bits per heavy atom. The van der Waals surface area contributed by atoms with E-state index in [4.69, 9.17) is 0 Å². The minimum atomic E-state index is -0.134. The van der Waals surface area contributed by atoms with E-state index in [2.05, 4.69) is 35.6 Å². The summed E-state index contributed by atoms with van der Waals surface area (Å²) in [6.45, 7) is 4.10. The van der Waals surface area contributed by atoms with Gasteiger partial charge in [-0.1, -0.05) is 18.2 Å². The van der Waals surface area contributed by atoms with Crippen LogP contribution in [-0.4, -0.2) is 17.1 Å². The van der Waals surface area contributed by atoms with Gasteiger partial charge in [0.25, 0.3) is 5.91 Å². The molecular formula is C21H22N2OS. The Morgan fingerprint density at radius 1 is 1.16 bits per heavy atom. The molecule has 25 heavy (non-hydrogen) atoms. The molecule has 4 heteroatoms. The molecule has 0 aliphatic heterocycles. The van der Waals surface area contributed by atoms with Crippen molar-refractivity contribution in [2.45, 2.75) is 26.7 Å². The van der Waals surface area contributed by atoms with Crippen molar-refractivity contribution in [3.05, 3.63) is 76.0 Å². The number of allylic oxidation sites excluding steroid dienone is 3. The Kier molecular flexibility index (Phi) is 5.39. The molecule has 0 fully saturated rings. The highest BCUT2D eigenvalue weighted by Crippen LogP contribution is 2.32. The van der Waals surface area contributed by atoms with Crippen molar-refractivity contribution in [3.8, 4) is 0 Å². The summed E-state index contributed by atoms with van der Waals surface area (Å²) in [5.74, 6) is -0.134. The molecule has 0 saturated carbocycles. The van der Waals surface area contributed by atoms with Gasteiger partial charge in [-0.15, -0.1) is 11.8 Å². The largest absolute Gasteiger partial charge is 0.322 e. The number of nitrogens with zero attached hydrogens (tertiary/aromatic N) is 1. The van der Waals surface area contributed by atoms with Crippen LogP contribution in [0.3, 0.4) is 0 Å². The van der Waals surface area contributed by atoms with Crippen LogP contribution >= 0.6 is 11.8 Å². The van der Waals surface area contributed by atoms with Crippen molar-refractivity contribution in [1.82, 2.24) is 4.98 Å². The zero-order valence-electron chi connectivity index (χ0n) is 14.8. The summed E-state index contributed by atoms with van der Waals surface area (Å²) in [5, 5.41) is 2.94. The number of rotatable bonds is 4. The van der Waals surface area contributed by atoms with Crippen molar-refractivity contribution in [2.24, 2.45) is 0 Å². The predicted molar refractivity (Wildman–Crippen MR) is 107 cm³/mol. The molecule has 1 aromatic carbocycles. The Hall–Kier alpha value is -2.33. The van der Waals surface area contributed by atoms with E-state index in [-0.39, 0.29) is 5.91 Å². The molecule has 0 saturated heterocycles. The molecule has 1 N–H and O–H groups in total. The van der Waals surface area contributed by atoms with Gasteiger partial charge in [0.2, 0.25) is 0 Å². The van der Waals surface area contributed by atoms with E-state index in [9.17, 15) is 4.79 Å². The Bertz CT molecular complexity index is 851. The second-order valence-corrected chi connectivity index (χ2v) is 7.02. The second kappa shape index (κ2) is 7.70. The molecule has 0 unspecified atom stereocenters. The summed E-state index contributed by atoms with van der Waals surface area (Å²) in [5.41, 5.74) is 5.96. The first-order valence-electron chi connectivity index (χ1n) is 8.37. The predicted octanol–water partition coefficient (Wildman–Crippen LogP) is 5.37. The van der Waals surface area contributed by atoms with Crippen molar-refractivity contribution >= 4 is 28.9 Å². The number of carbonyl (C=O) groups is 1. The van der Waals surface area contributed by atoms with Gasteiger partial charge in [-0.05, 0) is 73.9 Å². The van der Waals surface area contributed by atoms with Gasteiger partial charge in [0.05, 0.1) is 11.3 Å². The van der Waals surface area contributed by atoms with Gasteiger partial charge in [-0.3, -0.25) is 9.78 Å². The van der Waals surface area contributed by atoms with E-state index in [0.717, 1.165) is 29.8 Å². The summed E-state index contributed by atoms with van der Waals surface area (Å²) in [6, 6.07) is 9.71. The lowest BCUT2D eigenvalue weighted by molar-refractivity contribution is 0.102. The standard InChI is InChI=1S/C21H22N2OS/c1-14-8-10-17(12-15(14)2)23-21(24)16-9-11-19(22-13-16)18-6-4-5-7-20(18)25-3/h5,7-13H,4,6H2,1-3H3,(H,23,24). The number of benzene rings is 1. The van der Waals surface area contributed by atoms with Gasteiger partial charge in [-0.2, -0.15) is 0 Å². The third kappa shape index (κ3) is 4.02. The summed E-state index contributed by atoms with van der Waals surface area (Å²) < 4.78 is 0. The van der Waals surface area contributed by atoms with Gasteiger partial charge in [-0.25, -0.2) is 0 Å². The van der Waals surface area contributed by atoms with Crippen LogP contribution in [-0.2, 0) is 0 Å². The summed E-state index contributed by atoms with van der Waals surface area (Å²) in [6.07, 6.45) is 10.1. The number of aromatic nitrogens is 1. The van der Waals surface area contributed by atoms with Crippen LogP contribution in [0.2, 0.25) is 0 Å². The topological polar surface area (TPSA) is 42.0 Å². The lowest BCUT2D eigenvalue weighted by Gasteiger charge is -2.14. The van der Waals surface area contributed by atoms with E-state index in [0.29, 0.717) is 5.56 Å². The Labute approximate surface area is 153 Å². The highest BCUT2D eigenvalue weighted by Gasteiger charge is 2.13. The van der Waals surface area contributed by atoms with Gasteiger partial charge < -0.3 is 5.32 Å². The highest BCUT2D eigenvalue weighted by molar-refractivity contribution is 8.02. The number of hydrogen-bond acceptors (Lipinski definition) is 3. The summed E-state index contributed by atoms with van der Waals surface area (Å²) in [4.78, 5) is 18.2. The maximum atomic E-state index is 12.4. The van der Waals surface area contributed by atoms with Crippen molar-refractivity contribution < 1.29 is 4.79 Å². The first-order chi connectivity index (χ1) is 12.1. The third-order valence-electron chi connectivity index (χ3n) is 4.45. The van der Waals surface area contributed by atoms with Crippen LogP contribution in [0.25, 0.3) is 5.57 Å². The van der Waals surface area contributed by atoms with E-state index < -0.39 is 0 Å². The zero-order valence-corrected chi connectivity index (χ0v) is 15.6. The normalized spacial score (nSPS) is 13.9. The van der Waals surface area contributed by atoms with Crippen LogP contribution in [0.15, 0.2) is 53.6 Å². The second-order valence-electron chi connectivity index (χ2n) is 6.17. The number of carbonyl (C=O) groups excluding carboxylic acids is 1. The smallest absolute Gasteiger partial charge is 0.257 e. The number of aryl methyl sites for hydroxylation is 2. The molecule has 2 aromatic rings. The monoisotopic (exact) mass is 350 g/mol. The first kappa shape index (κ1) is 17.5. The molecule has 0 radical (unpaired) electrons. The zero-order chi connectivity index (χ0) is 17.8. The van der Waals surface area contributed by atoms with Crippen LogP contribution < -0.4 is 5.32 Å². The average Bonchev–Trinajstić information content (AvgIpc) is 2.65. The highest BCUT2D eigenvalue weighted by atomic mass is 32.2. The van der Waals surface area contributed by atoms with Gasteiger partial charge in [0.1, 0.15) is 0 Å². The van der Waals surface area contributed by atoms with Gasteiger partial charge >= 0.3 is 0 Å². The minimum Gasteiger partial charge on any atom is -0.322 e. The number of pyridine rings is 1. The number of anilines is 1. The molecule has 1 aromatic heterocycles. The minimum absolute atomic E-state index is 0.134. The van der Waals surface area contributed by atoms with Crippen LogP contribution in [0.5, 0.6) is 0 Å². The molecule has 0 atom stereocenters. The number of thioether (sulfide) groups is 1. The fraction of sp³-hybridized carbons (Fsp3) is 0.238. The Morgan fingerprint density at radius 2 is 2.00 bits per heavy atom. The lowest BCUT2D eigenvalue weighted by Crippen LogP contribution is -2.12. The van der Waals surface area contributed by atoms with E-state index in [1.807, 2.05) is 37.3 Å². The quantitative estimate of drug-likeness (QED) is 0.805. The van der Waals surface area contributed by atoms with Gasteiger partial charge in [0, 0.05) is 16.8 Å². The fourth-order valence-corrected chi connectivity index (χ4v) is 3.50.